The Kier molecular flexibility index (Phi) is 21.5. The zero-order chi connectivity index (χ0) is 5.98. The van der Waals surface area contributed by atoms with Crippen LogP contribution in [0.15, 0.2) is 12.4 Å². The van der Waals surface area contributed by atoms with Gasteiger partial charge in [-0.3, -0.25) is 9.97 Å². The predicted octanol–water partition coefficient (Wildman–Crippen LogP) is -4.74. The van der Waals surface area contributed by atoms with Crippen molar-refractivity contribution in [2.45, 2.75) is 13.8 Å². The predicted molar refractivity (Wildman–Crippen MR) is 36.5 cm³/mol. The fraction of sp³-hybridized carbons (Fsp3) is 0.333. The fourth-order valence-electron chi connectivity index (χ4n) is 0.589. The molecule has 0 fully saturated rings. The third kappa shape index (κ3) is 8.41. The molecule has 0 aliphatic rings. The van der Waals surface area contributed by atoms with Gasteiger partial charge in [0, 0.05) is 12.4 Å². The normalized spacial score (nSPS) is 6.17. The van der Waals surface area contributed by atoms with Crippen LogP contribution in [-0.2, 0) is 21.1 Å². The van der Waals surface area contributed by atoms with Gasteiger partial charge >= 0.3 is 21.1 Å². The average molecular weight is 391 g/mol. The summed E-state index contributed by atoms with van der Waals surface area (Å²) < 4.78 is 0. The number of hydrogen-bond acceptors (Lipinski definition) is 3. The molecule has 0 saturated carbocycles. The van der Waals surface area contributed by atoms with Gasteiger partial charge < -0.3 is 31.0 Å². The maximum atomic E-state index is 4.11. The molecule has 12 heavy (non-hydrogen) atoms. The topological polar surface area (TPSA) is 60.8 Å². The maximum absolute atomic E-state index is 4.11. The Morgan fingerprint density at radius 3 is 1.50 bits per heavy atom. The summed E-state index contributed by atoms with van der Waals surface area (Å²) in [5.74, 6) is 0. The van der Waals surface area contributed by atoms with Gasteiger partial charge in [0.25, 0.3) is 0 Å². The first-order valence-corrected chi connectivity index (χ1v) is 2.54. The van der Waals surface area contributed by atoms with E-state index in [9.17, 15) is 0 Å². The second-order valence-electron chi connectivity index (χ2n) is 1.80. The molecule has 0 amide bonds. The van der Waals surface area contributed by atoms with E-state index in [1.165, 1.54) is 0 Å². The van der Waals surface area contributed by atoms with Crippen molar-refractivity contribution in [2.75, 3.05) is 0 Å². The van der Waals surface area contributed by atoms with Gasteiger partial charge in [-0.15, -0.1) is 0 Å². The van der Waals surface area contributed by atoms with E-state index in [-0.39, 0.29) is 52.0 Å². The number of aromatic nitrogens is 2. The molecule has 0 radical (unpaired) electrons. The van der Waals surface area contributed by atoms with E-state index in [1.807, 2.05) is 13.8 Å². The second-order valence-corrected chi connectivity index (χ2v) is 1.80. The molecule has 3 nitrogen and oxygen atoms in total. The first-order valence-electron chi connectivity index (χ1n) is 2.54. The van der Waals surface area contributed by atoms with Gasteiger partial charge in [0.2, 0.25) is 0 Å². The summed E-state index contributed by atoms with van der Waals surface area (Å²) in [6.07, 6.45) is 3.49. The van der Waals surface area contributed by atoms with Crippen LogP contribution < -0.4 is 31.0 Å². The van der Waals surface area contributed by atoms with Crippen molar-refractivity contribution in [2.24, 2.45) is 0 Å². The van der Waals surface area contributed by atoms with Crippen molar-refractivity contribution in [3.8, 4) is 0 Å². The van der Waals surface area contributed by atoms with Crippen molar-refractivity contribution in [3.05, 3.63) is 23.8 Å². The van der Waals surface area contributed by atoms with Gasteiger partial charge in [-0.05, 0) is 13.8 Å². The molecule has 0 bridgehead atoms. The molecule has 6 heteroatoms. The molecule has 0 aliphatic carbocycles. The number of halogens is 2. The van der Waals surface area contributed by atoms with Crippen molar-refractivity contribution < 1.29 is 45.9 Å². The molecule has 0 aromatic carbocycles. The molecule has 0 aliphatic heterocycles. The van der Waals surface area contributed by atoms with Crippen LogP contribution in [0, 0.1) is 13.8 Å². The molecule has 0 unspecified atom stereocenters. The molecule has 1 aromatic rings. The Morgan fingerprint density at radius 1 is 1.00 bits per heavy atom. The average Bonchev–Trinajstić information content (AvgIpc) is 1.64. The van der Waals surface area contributed by atoms with Crippen LogP contribution in [-0.4, -0.2) is 9.97 Å². The largest absolute Gasteiger partial charge is 2.00 e. The van der Waals surface area contributed by atoms with Crippen molar-refractivity contribution in [1.29, 1.82) is 0 Å². The van der Waals surface area contributed by atoms with E-state index in [2.05, 4.69) is 9.97 Å². The minimum absolute atomic E-state index is 0. The number of rotatable bonds is 0. The number of hydrogen-bond donors (Lipinski definition) is 1. The summed E-state index contributed by atoms with van der Waals surface area (Å²) in [7, 11) is 0. The zero-order valence-electron chi connectivity index (χ0n) is 6.83. The van der Waals surface area contributed by atoms with Gasteiger partial charge in [0.05, 0.1) is 11.4 Å². The molecular formula is C6H11Cl2N3Pt. The monoisotopic (exact) mass is 390 g/mol. The van der Waals surface area contributed by atoms with Gasteiger partial charge in [0.1, 0.15) is 0 Å². The first kappa shape index (κ1) is 22.8. The Hall–Kier alpha value is 0.308. The minimum Gasteiger partial charge on any atom is -1.00 e. The van der Waals surface area contributed by atoms with Crippen LogP contribution in [0.25, 0.3) is 0 Å². The minimum atomic E-state index is 0. The number of nitrogens with zero attached hydrogens (tertiary/aromatic N) is 2. The summed E-state index contributed by atoms with van der Waals surface area (Å²) in [6.45, 7) is 3.86. The van der Waals surface area contributed by atoms with Crippen LogP contribution in [0.3, 0.4) is 0 Å². The molecule has 0 spiro atoms. The quantitative estimate of drug-likeness (QED) is 0.484. The van der Waals surface area contributed by atoms with Gasteiger partial charge in [-0.25, -0.2) is 0 Å². The molecule has 3 N–H and O–H groups in total. The smallest absolute Gasteiger partial charge is 1.00 e. The first-order chi connectivity index (χ1) is 3.79. The Balaban J connectivity index is -0.0000000800. The summed E-state index contributed by atoms with van der Waals surface area (Å²) in [5, 5.41) is 0. The Bertz CT molecular complexity index is 181. The van der Waals surface area contributed by atoms with E-state index in [4.69, 9.17) is 0 Å². The van der Waals surface area contributed by atoms with Gasteiger partial charge in [0.15, 0.2) is 0 Å². The van der Waals surface area contributed by atoms with Crippen LogP contribution in [0.2, 0.25) is 0 Å². The van der Waals surface area contributed by atoms with E-state index in [0.29, 0.717) is 0 Å². The third-order valence-corrected chi connectivity index (χ3v) is 0.875. The molecule has 1 rings (SSSR count). The second kappa shape index (κ2) is 11.3. The summed E-state index contributed by atoms with van der Waals surface area (Å²) in [5.41, 5.74) is 1.95. The SMILES string of the molecule is Cc1cncc(C)n1.N.[Cl-].[Cl-].[Pt+2]. The number of aryl methyl sites for hydroxylation is 2. The van der Waals surface area contributed by atoms with Gasteiger partial charge in [-0.1, -0.05) is 0 Å². The van der Waals surface area contributed by atoms with Crippen LogP contribution in [0.5, 0.6) is 0 Å². The standard InChI is InChI=1S/C6H8N2.2ClH.H3N.Pt/c1-5-3-7-4-6(2)8-5;;;;/h3-4H,1-2H3;2*1H;1H3;/q;;;;+2/p-2. The van der Waals surface area contributed by atoms with Crippen LogP contribution in [0.4, 0.5) is 0 Å². The summed E-state index contributed by atoms with van der Waals surface area (Å²) >= 11 is 0. The zero-order valence-corrected chi connectivity index (χ0v) is 10.6. The van der Waals surface area contributed by atoms with Crippen LogP contribution >= 0.6 is 0 Å². The molecule has 74 valence electrons. The summed E-state index contributed by atoms with van der Waals surface area (Å²) in [4.78, 5) is 8.03. The van der Waals surface area contributed by atoms with E-state index in [1.54, 1.807) is 12.4 Å². The van der Waals surface area contributed by atoms with E-state index >= 15 is 0 Å². The van der Waals surface area contributed by atoms with Gasteiger partial charge in [-0.2, -0.15) is 0 Å². The van der Waals surface area contributed by atoms with E-state index in [0.717, 1.165) is 11.4 Å². The van der Waals surface area contributed by atoms with E-state index < -0.39 is 0 Å². The Labute approximate surface area is 99.4 Å². The molecule has 1 aromatic heterocycles. The molecule has 0 atom stereocenters. The maximum Gasteiger partial charge on any atom is 2.00 e. The van der Waals surface area contributed by atoms with Crippen molar-refractivity contribution in [1.82, 2.24) is 16.1 Å². The molecule has 0 saturated heterocycles. The Morgan fingerprint density at radius 2 is 1.33 bits per heavy atom. The fourth-order valence-corrected chi connectivity index (χ4v) is 0.589. The molecule has 1 heterocycles. The summed E-state index contributed by atoms with van der Waals surface area (Å²) in [6, 6.07) is 0. The van der Waals surface area contributed by atoms with Crippen LogP contribution in [0.1, 0.15) is 11.4 Å². The van der Waals surface area contributed by atoms with Crippen molar-refractivity contribution >= 4 is 0 Å². The molecular weight excluding hydrogens is 380 g/mol. The third-order valence-electron chi connectivity index (χ3n) is 0.875. The van der Waals surface area contributed by atoms with Crippen molar-refractivity contribution in [3.63, 3.8) is 0 Å².